The molecule has 0 saturated carbocycles. The average Bonchev–Trinajstić information content (AvgIpc) is 2.18. The fraction of sp³-hybridized carbons (Fsp3) is 1.00. The molecule has 0 atom stereocenters. The Labute approximate surface area is 146 Å². The summed E-state index contributed by atoms with van der Waals surface area (Å²) >= 11 is 10.1. The van der Waals surface area contributed by atoms with E-state index in [2.05, 4.69) is 77.8 Å². The quantitative estimate of drug-likeness (QED) is 0.418. The molecule has 0 aliphatic rings. The van der Waals surface area contributed by atoms with Crippen LogP contribution in [0.3, 0.4) is 0 Å². The molecule has 0 spiro atoms. The van der Waals surface area contributed by atoms with Crippen LogP contribution in [0.1, 0.15) is 60.8 Å². The Morgan fingerprint density at radius 3 is 0.571 bits per heavy atom. The first-order valence-corrected chi connectivity index (χ1v) is 12.2. The van der Waals surface area contributed by atoms with Crippen LogP contribution in [-0.4, -0.2) is 6.26 Å². The molecule has 0 radical (unpaired) electrons. The first kappa shape index (κ1) is 38.1. The predicted octanol–water partition coefficient (Wildman–Crippen LogP) is -0.621. The van der Waals surface area contributed by atoms with Crippen molar-refractivity contribution in [1.29, 1.82) is 0 Å². The van der Waals surface area contributed by atoms with Gasteiger partial charge in [-0.3, -0.25) is 0 Å². The number of hydrogen-bond acceptors (Lipinski definition) is 9. The van der Waals surface area contributed by atoms with Crippen molar-refractivity contribution in [3.8, 4) is 0 Å². The van der Waals surface area contributed by atoms with Crippen molar-refractivity contribution in [3.63, 3.8) is 0 Å². The third kappa shape index (κ3) is 4060. The zero-order valence-corrected chi connectivity index (χ0v) is 18.0. The summed E-state index contributed by atoms with van der Waals surface area (Å²) in [6.07, 6.45) is 5.44. The first-order valence-electron chi connectivity index (χ1n) is 6.15. The van der Waals surface area contributed by atoms with E-state index < -0.39 is 13.4 Å². The second-order valence-corrected chi connectivity index (χ2v) is 7.49. The van der Waals surface area contributed by atoms with Gasteiger partial charge in [-0.2, -0.15) is 36.2 Å². The van der Waals surface area contributed by atoms with Crippen molar-refractivity contribution in [3.05, 3.63) is 0 Å². The number of thiol groups is 1. The molecule has 0 aliphatic carbocycles. The second kappa shape index (κ2) is 33.1. The second-order valence-electron chi connectivity index (χ2n) is 3.02. The van der Waals surface area contributed by atoms with Crippen LogP contribution in [0.25, 0.3) is 0 Å². The highest BCUT2D eigenvalue weighted by atomic mass is 32.5. The summed E-state index contributed by atoms with van der Waals surface area (Å²) < 4.78 is 0. The van der Waals surface area contributed by atoms with E-state index in [9.17, 15) is 0 Å². The molecule has 0 heterocycles. The van der Waals surface area contributed by atoms with E-state index in [0.29, 0.717) is 0 Å². The van der Waals surface area contributed by atoms with Gasteiger partial charge in [0.15, 0.2) is 0 Å². The Kier molecular flexibility index (Phi) is 60.2. The molecule has 0 fully saturated rings. The van der Waals surface area contributed by atoms with E-state index in [1.165, 1.54) is 19.3 Å². The maximum absolute atomic E-state index is 8.92. The molecule has 0 amide bonds. The van der Waals surface area contributed by atoms with Gasteiger partial charge < -0.3 is 42.8 Å². The van der Waals surface area contributed by atoms with E-state index in [0.717, 1.165) is 0 Å². The third-order valence-electron chi connectivity index (χ3n) is 0. The summed E-state index contributed by atoms with van der Waals surface area (Å²) in [7, 11) is 0. The molecule has 0 aromatic carbocycles. The zero-order valence-electron chi connectivity index (χ0n) is 13.7. The van der Waals surface area contributed by atoms with Gasteiger partial charge >= 0.3 is 0 Å². The van der Waals surface area contributed by atoms with Gasteiger partial charge in [0.1, 0.15) is 0 Å². The lowest BCUT2D eigenvalue weighted by molar-refractivity contribution is -0.413. The minimum absolute atomic E-state index is 1.25. The smallest absolute Gasteiger partial charge is 0.0215 e. The Morgan fingerprint density at radius 1 is 0.571 bits per heavy atom. The van der Waals surface area contributed by atoms with E-state index >= 15 is 0 Å². The normalized spacial score (nSPS) is 8.48. The van der Waals surface area contributed by atoms with Gasteiger partial charge in [-0.05, 0) is 6.26 Å². The maximum Gasteiger partial charge on any atom is -0.0215 e. The van der Waals surface area contributed by atoms with Crippen LogP contribution in [0.4, 0.5) is 0 Å². The van der Waals surface area contributed by atoms with Crippen molar-refractivity contribution in [2.24, 2.45) is 0 Å². The molecular weight excluding hydrogens is 374 g/mol. The lowest BCUT2D eigenvalue weighted by atomic mass is 10.6. The zero-order chi connectivity index (χ0) is 19.1. The van der Waals surface area contributed by atoms with Gasteiger partial charge in [-0.15, -0.1) is 0 Å². The van der Waals surface area contributed by atoms with Crippen LogP contribution in [0.2, 0.25) is 0 Å². The fourth-order valence-corrected chi connectivity index (χ4v) is 0. The van der Waals surface area contributed by atoms with Gasteiger partial charge in [-0.1, -0.05) is 60.8 Å². The number of hydrogen-bond donors (Lipinski definition) is 1. The molecule has 0 rings (SSSR count). The SMILES string of the molecule is CCC.CCC.CCC.CS.[O-]P([O-])([O-])=S.[O-]P([O-])([O-])=S. The topological polar surface area (TPSA) is 138 Å². The summed E-state index contributed by atoms with van der Waals surface area (Å²) in [5, 5.41) is 0. The monoisotopic (exact) mass is 402 g/mol. The van der Waals surface area contributed by atoms with E-state index in [4.69, 9.17) is 29.4 Å². The van der Waals surface area contributed by atoms with Crippen molar-refractivity contribution in [2.75, 3.05) is 6.26 Å². The lowest BCUT2D eigenvalue weighted by Crippen LogP contribution is -2.23. The largest absolute Gasteiger partial charge is 0.844 e. The van der Waals surface area contributed by atoms with Crippen LogP contribution < -0.4 is 29.4 Å². The van der Waals surface area contributed by atoms with Crippen molar-refractivity contribution >= 4 is 49.7 Å². The van der Waals surface area contributed by atoms with Gasteiger partial charge in [-0.25, -0.2) is 0 Å². The maximum atomic E-state index is 8.92. The molecule has 0 N–H and O–H groups in total. The standard InChI is InChI=1S/3C3H8.CH4S.2H3O3PS/c3*1-3-2;1-2;2*1-4(2,3)5/h3*3H2,1-2H3;2H,1H3;2*(H3,1,2,3,5)/p-6. The highest BCUT2D eigenvalue weighted by molar-refractivity contribution is 8.04. The lowest BCUT2D eigenvalue weighted by Gasteiger charge is -2.43. The molecule has 0 aromatic heterocycles. The minimum Gasteiger partial charge on any atom is -0.844 e. The Morgan fingerprint density at radius 2 is 0.571 bits per heavy atom. The van der Waals surface area contributed by atoms with Crippen LogP contribution >= 0.6 is 26.1 Å². The van der Waals surface area contributed by atoms with Gasteiger partial charge in [0.2, 0.25) is 0 Å². The van der Waals surface area contributed by atoms with E-state index in [1.54, 1.807) is 6.26 Å². The Balaban J connectivity index is -0.0000000332. The molecule has 0 aliphatic heterocycles. The van der Waals surface area contributed by atoms with Crippen molar-refractivity contribution in [1.82, 2.24) is 0 Å². The molecule has 11 heteroatoms. The Bertz CT molecular complexity index is 180. The molecule has 6 nitrogen and oxygen atoms in total. The summed E-state index contributed by atoms with van der Waals surface area (Å²) in [5.41, 5.74) is 0. The van der Waals surface area contributed by atoms with Crippen LogP contribution in [-0.2, 0) is 23.6 Å². The first-order chi connectivity index (χ1) is 9.24. The fourth-order valence-electron chi connectivity index (χ4n) is 0. The summed E-state index contributed by atoms with van der Waals surface area (Å²) in [6.45, 7) is 3.64. The molecule has 138 valence electrons. The average molecular weight is 402 g/mol. The van der Waals surface area contributed by atoms with Gasteiger partial charge in [0, 0.05) is 0 Å². The van der Waals surface area contributed by atoms with Crippen LogP contribution in [0.15, 0.2) is 0 Å². The predicted molar refractivity (Wildman–Crippen MR) is 91.4 cm³/mol. The summed E-state index contributed by atoms with van der Waals surface area (Å²) in [5.74, 6) is 0. The van der Waals surface area contributed by atoms with Crippen LogP contribution in [0.5, 0.6) is 0 Å². The number of rotatable bonds is 0. The highest BCUT2D eigenvalue weighted by Gasteiger charge is 1.38. The van der Waals surface area contributed by atoms with Crippen LogP contribution in [0, 0.1) is 0 Å². The molecular formula is C10H28O6P2S3-6. The molecule has 0 unspecified atom stereocenters. The molecule has 0 aromatic rings. The summed E-state index contributed by atoms with van der Waals surface area (Å²) in [6, 6.07) is 0. The summed E-state index contributed by atoms with van der Waals surface area (Å²) in [4.78, 5) is 53.5. The van der Waals surface area contributed by atoms with E-state index in [-0.39, 0.29) is 0 Å². The molecule has 0 saturated heterocycles. The van der Waals surface area contributed by atoms with Crippen molar-refractivity contribution in [2.45, 2.75) is 60.8 Å². The van der Waals surface area contributed by atoms with Gasteiger partial charge in [0.25, 0.3) is 0 Å². The Hall–Kier alpha value is 1.41. The third-order valence-corrected chi connectivity index (χ3v) is 0. The minimum atomic E-state index is -4.56. The molecule has 21 heavy (non-hydrogen) atoms. The van der Waals surface area contributed by atoms with Crippen molar-refractivity contribution < 1.29 is 29.4 Å². The highest BCUT2D eigenvalue weighted by Crippen LogP contribution is 2.04. The van der Waals surface area contributed by atoms with Gasteiger partial charge in [0.05, 0.1) is 0 Å². The van der Waals surface area contributed by atoms with E-state index in [1.807, 2.05) is 0 Å². The molecule has 0 bridgehead atoms.